The van der Waals surface area contributed by atoms with Crippen LogP contribution < -0.4 is 10.2 Å². The highest BCUT2D eigenvalue weighted by atomic mass is 32.1. The predicted molar refractivity (Wildman–Crippen MR) is 122 cm³/mol. The van der Waals surface area contributed by atoms with Crippen molar-refractivity contribution in [2.45, 2.75) is 26.4 Å². The standard InChI is InChI=1S/C22H26N6OS/c1-16(18-7-8-20-19(14-18)6-4-3-5-9-23-20)27-10-12-28(13-11-27)22-26-25-21(30-22)15-24-17(2)29/h3-9,14,16H,10-13,15H2,1-2H3,(H,24,29)/b4-3?,5-3+,6-4+,9-5?,19-6?,23-9-,23-20?. The van der Waals surface area contributed by atoms with Crippen LogP contribution in [-0.4, -0.2) is 53.4 Å². The third-order valence-electron chi connectivity index (χ3n) is 5.41. The molecule has 2 aliphatic heterocycles. The van der Waals surface area contributed by atoms with E-state index in [2.05, 4.69) is 67.6 Å². The first kappa shape index (κ1) is 20.4. The van der Waals surface area contributed by atoms with Gasteiger partial charge in [0.1, 0.15) is 5.01 Å². The lowest BCUT2D eigenvalue weighted by molar-refractivity contribution is -0.119. The highest BCUT2D eigenvalue weighted by molar-refractivity contribution is 7.15. The fourth-order valence-electron chi connectivity index (χ4n) is 3.64. The fraction of sp³-hybridized carbons (Fsp3) is 0.364. The number of nitrogens with zero attached hydrogens (tertiary/aromatic N) is 5. The van der Waals surface area contributed by atoms with E-state index in [1.54, 1.807) is 11.3 Å². The number of piperazine rings is 1. The molecule has 0 radical (unpaired) electrons. The molecule has 0 bridgehead atoms. The molecule has 156 valence electrons. The Morgan fingerprint density at radius 1 is 1.17 bits per heavy atom. The number of carbonyl (C=O) groups is 1. The molecule has 0 spiro atoms. The minimum atomic E-state index is -0.0542. The number of rotatable bonds is 5. The molecule has 1 amide bonds. The minimum Gasteiger partial charge on any atom is -0.350 e. The van der Waals surface area contributed by atoms with Gasteiger partial charge in [0.25, 0.3) is 0 Å². The molecule has 1 aromatic heterocycles. The molecule has 0 saturated carbocycles. The fourth-order valence-corrected chi connectivity index (χ4v) is 4.47. The second-order valence-electron chi connectivity index (χ2n) is 7.43. The van der Waals surface area contributed by atoms with Crippen molar-refractivity contribution in [1.82, 2.24) is 20.4 Å². The average Bonchev–Trinajstić information content (AvgIpc) is 3.21. The normalized spacial score (nSPS) is 20.5. The minimum absolute atomic E-state index is 0.0542. The van der Waals surface area contributed by atoms with Crippen LogP contribution in [0.4, 0.5) is 10.8 Å². The van der Waals surface area contributed by atoms with Crippen molar-refractivity contribution in [1.29, 1.82) is 0 Å². The van der Waals surface area contributed by atoms with Crippen LogP contribution in [0.1, 0.15) is 36.0 Å². The maximum absolute atomic E-state index is 11.1. The Labute approximate surface area is 180 Å². The molecule has 1 unspecified atom stereocenters. The second kappa shape index (κ2) is 9.32. The van der Waals surface area contributed by atoms with Crippen molar-refractivity contribution < 1.29 is 4.79 Å². The van der Waals surface area contributed by atoms with Crippen LogP contribution in [0, 0.1) is 0 Å². The van der Waals surface area contributed by atoms with Gasteiger partial charge >= 0.3 is 0 Å². The SMILES string of the molecule is CC(=O)NCc1nnc(N2CCN(C(C)c3ccc4c(c3)/C=C/C=C/C=N\4)CC2)s1. The molecule has 7 nitrogen and oxygen atoms in total. The van der Waals surface area contributed by atoms with Crippen molar-refractivity contribution in [3.8, 4) is 0 Å². The Morgan fingerprint density at radius 2 is 2.00 bits per heavy atom. The Kier molecular flexibility index (Phi) is 6.35. The van der Waals surface area contributed by atoms with Gasteiger partial charge in [-0.15, -0.1) is 10.2 Å². The molecule has 8 heteroatoms. The van der Waals surface area contributed by atoms with E-state index >= 15 is 0 Å². The van der Waals surface area contributed by atoms with Gasteiger partial charge in [-0.3, -0.25) is 14.7 Å². The number of aliphatic imine (C=N–C) groups is 1. The Balaban J connectivity index is 1.37. The molecule has 2 aliphatic rings. The molecule has 1 aromatic carbocycles. The zero-order valence-electron chi connectivity index (χ0n) is 17.3. The summed E-state index contributed by atoms with van der Waals surface area (Å²) in [5.41, 5.74) is 3.46. The van der Waals surface area contributed by atoms with Crippen LogP contribution in [0.5, 0.6) is 0 Å². The van der Waals surface area contributed by atoms with Crippen LogP contribution in [0.3, 0.4) is 0 Å². The van der Waals surface area contributed by atoms with Gasteiger partial charge in [0, 0.05) is 50.9 Å². The van der Waals surface area contributed by atoms with E-state index in [1.807, 2.05) is 18.4 Å². The van der Waals surface area contributed by atoms with E-state index in [9.17, 15) is 4.79 Å². The number of carbonyl (C=O) groups excluding carboxylic acids is 1. The lowest BCUT2D eigenvalue weighted by atomic mass is 10.0. The summed E-state index contributed by atoms with van der Waals surface area (Å²) in [4.78, 5) is 20.4. The molecule has 1 saturated heterocycles. The van der Waals surface area contributed by atoms with E-state index in [4.69, 9.17) is 0 Å². The number of allylic oxidation sites excluding steroid dienone is 3. The zero-order valence-corrected chi connectivity index (χ0v) is 18.1. The molecule has 1 atom stereocenters. The number of amides is 1. The van der Waals surface area contributed by atoms with E-state index in [1.165, 1.54) is 12.5 Å². The molecular weight excluding hydrogens is 396 g/mol. The van der Waals surface area contributed by atoms with Gasteiger partial charge in [-0.05, 0) is 30.7 Å². The molecule has 2 aromatic rings. The summed E-state index contributed by atoms with van der Waals surface area (Å²) in [7, 11) is 0. The van der Waals surface area contributed by atoms with Crippen molar-refractivity contribution in [2.24, 2.45) is 4.99 Å². The predicted octanol–water partition coefficient (Wildman–Crippen LogP) is 3.34. The average molecular weight is 423 g/mol. The lowest BCUT2D eigenvalue weighted by Gasteiger charge is -2.38. The maximum atomic E-state index is 11.1. The van der Waals surface area contributed by atoms with Crippen LogP contribution >= 0.6 is 11.3 Å². The first-order valence-corrected chi connectivity index (χ1v) is 11.0. The Hall–Kier alpha value is -2.84. The van der Waals surface area contributed by atoms with Crippen LogP contribution in [0.2, 0.25) is 0 Å². The van der Waals surface area contributed by atoms with Gasteiger partial charge < -0.3 is 10.2 Å². The van der Waals surface area contributed by atoms with E-state index in [0.717, 1.165) is 47.6 Å². The third kappa shape index (κ3) is 4.83. The topological polar surface area (TPSA) is 73.7 Å². The highest BCUT2D eigenvalue weighted by Gasteiger charge is 2.24. The summed E-state index contributed by atoms with van der Waals surface area (Å²) in [5, 5.41) is 13.0. The van der Waals surface area contributed by atoms with Gasteiger partial charge in [-0.1, -0.05) is 35.6 Å². The second-order valence-corrected chi connectivity index (χ2v) is 8.47. The van der Waals surface area contributed by atoms with Gasteiger partial charge in [0.05, 0.1) is 12.2 Å². The molecular formula is C22H26N6OS. The molecule has 4 rings (SSSR count). The summed E-state index contributed by atoms with van der Waals surface area (Å²) in [6.07, 6.45) is 9.94. The summed E-state index contributed by atoms with van der Waals surface area (Å²) >= 11 is 1.55. The summed E-state index contributed by atoms with van der Waals surface area (Å²) in [6, 6.07) is 6.87. The molecule has 3 heterocycles. The van der Waals surface area contributed by atoms with E-state index in [0.29, 0.717) is 12.6 Å². The summed E-state index contributed by atoms with van der Waals surface area (Å²) in [6.45, 7) is 7.98. The first-order chi connectivity index (χ1) is 14.6. The third-order valence-corrected chi connectivity index (χ3v) is 6.39. The molecule has 1 fully saturated rings. The number of nitrogens with one attached hydrogen (secondary N) is 1. The first-order valence-electron chi connectivity index (χ1n) is 10.2. The lowest BCUT2D eigenvalue weighted by Crippen LogP contribution is -2.47. The van der Waals surface area contributed by atoms with Crippen LogP contribution in [0.15, 0.2) is 41.4 Å². The number of hydrogen-bond acceptors (Lipinski definition) is 7. The number of benzene rings is 1. The summed E-state index contributed by atoms with van der Waals surface area (Å²) in [5.74, 6) is -0.0542. The highest BCUT2D eigenvalue weighted by Crippen LogP contribution is 2.30. The van der Waals surface area contributed by atoms with Gasteiger partial charge in [0.2, 0.25) is 11.0 Å². The van der Waals surface area contributed by atoms with E-state index in [-0.39, 0.29) is 5.91 Å². The molecule has 0 aliphatic carbocycles. The van der Waals surface area contributed by atoms with Crippen molar-refractivity contribution >= 4 is 40.4 Å². The number of aromatic nitrogens is 2. The maximum Gasteiger partial charge on any atom is 0.217 e. The van der Waals surface area contributed by atoms with E-state index < -0.39 is 0 Å². The van der Waals surface area contributed by atoms with Crippen molar-refractivity contribution in [3.05, 3.63) is 52.6 Å². The number of fused-ring (bicyclic) bond motifs is 1. The molecule has 1 N–H and O–H groups in total. The molecule has 30 heavy (non-hydrogen) atoms. The van der Waals surface area contributed by atoms with Crippen molar-refractivity contribution in [3.63, 3.8) is 0 Å². The van der Waals surface area contributed by atoms with Gasteiger partial charge in [0.15, 0.2) is 0 Å². The van der Waals surface area contributed by atoms with Crippen molar-refractivity contribution in [2.75, 3.05) is 31.1 Å². The largest absolute Gasteiger partial charge is 0.350 e. The quantitative estimate of drug-likeness (QED) is 0.800. The Bertz CT molecular complexity index is 987. The smallest absolute Gasteiger partial charge is 0.217 e. The Morgan fingerprint density at radius 3 is 2.80 bits per heavy atom. The van der Waals surface area contributed by atoms with Gasteiger partial charge in [-0.25, -0.2) is 0 Å². The van der Waals surface area contributed by atoms with Gasteiger partial charge in [-0.2, -0.15) is 0 Å². The monoisotopic (exact) mass is 422 g/mol. The summed E-state index contributed by atoms with van der Waals surface area (Å²) < 4.78 is 0. The zero-order chi connectivity index (χ0) is 20.9. The van der Waals surface area contributed by atoms with Crippen LogP contribution in [0.25, 0.3) is 6.08 Å². The van der Waals surface area contributed by atoms with Crippen LogP contribution in [-0.2, 0) is 11.3 Å². The number of anilines is 1. The number of hydrogen-bond donors (Lipinski definition) is 1.